The molecule has 1 aliphatic rings. The van der Waals surface area contributed by atoms with Gasteiger partial charge in [-0.1, -0.05) is 5.21 Å². The summed E-state index contributed by atoms with van der Waals surface area (Å²) in [5, 5.41) is 16.2. The number of imidazole rings is 1. The van der Waals surface area contributed by atoms with E-state index in [2.05, 4.69) is 30.8 Å². The minimum Gasteiger partial charge on any atom is -0.378 e. The van der Waals surface area contributed by atoms with Gasteiger partial charge in [0, 0.05) is 25.7 Å². The number of fused-ring (bicyclic) bond motifs is 1. The number of benzene rings is 1. The Morgan fingerprint density at radius 3 is 2.96 bits per heavy atom. The quantitative estimate of drug-likeness (QED) is 0.678. The van der Waals surface area contributed by atoms with Crippen LogP contribution < -0.4 is 10.2 Å². The first-order valence-electron chi connectivity index (χ1n) is 8.02. The molecule has 4 rings (SSSR count). The summed E-state index contributed by atoms with van der Waals surface area (Å²) in [5.41, 5.74) is 2.31. The number of aryl methyl sites for hydroxylation is 1. The maximum absolute atomic E-state index is 12.3. The average molecular weight is 342 g/mol. The van der Waals surface area contributed by atoms with Crippen molar-refractivity contribution < 1.29 is 9.53 Å². The number of aromatic amines is 1. The zero-order valence-corrected chi connectivity index (χ0v) is 13.8. The highest BCUT2D eigenvalue weighted by atomic mass is 16.5. The first kappa shape index (κ1) is 15.5. The van der Waals surface area contributed by atoms with Crippen molar-refractivity contribution in [2.24, 2.45) is 7.05 Å². The number of morpholine rings is 1. The minimum atomic E-state index is -0.203. The lowest BCUT2D eigenvalue weighted by atomic mass is 10.2. The van der Waals surface area contributed by atoms with Gasteiger partial charge >= 0.3 is 0 Å². The Bertz CT molecular complexity index is 882. The molecule has 1 saturated heterocycles. The van der Waals surface area contributed by atoms with Gasteiger partial charge in [0.2, 0.25) is 5.95 Å². The third-order valence-electron chi connectivity index (χ3n) is 4.21. The molecule has 130 valence electrons. The van der Waals surface area contributed by atoms with Crippen LogP contribution in [0.3, 0.4) is 0 Å². The van der Waals surface area contributed by atoms with E-state index in [4.69, 9.17) is 9.72 Å². The van der Waals surface area contributed by atoms with Crippen molar-refractivity contribution in [3.63, 3.8) is 0 Å². The number of carbonyl (C=O) groups excluding carboxylic acids is 1. The zero-order valence-electron chi connectivity index (χ0n) is 13.8. The standard InChI is InChI=1S/C15H18N8O2/c1-22-12-3-2-10(14(24)16-9-13-18-20-21-19-13)8-11(12)17-15(22)23-4-6-25-7-5-23/h2-3,8H,4-7,9H2,1H3,(H,16,24)(H,18,19,20,21). The van der Waals surface area contributed by atoms with E-state index in [0.717, 1.165) is 30.1 Å². The van der Waals surface area contributed by atoms with Crippen LogP contribution in [-0.4, -0.2) is 62.4 Å². The Labute approximate surface area is 143 Å². The molecule has 0 saturated carbocycles. The van der Waals surface area contributed by atoms with Gasteiger partial charge in [0.1, 0.15) is 0 Å². The second kappa shape index (κ2) is 6.48. The number of nitrogens with zero attached hydrogens (tertiary/aromatic N) is 6. The summed E-state index contributed by atoms with van der Waals surface area (Å²) < 4.78 is 7.44. The predicted octanol–water partition coefficient (Wildman–Crippen LogP) is -0.147. The van der Waals surface area contributed by atoms with Crippen LogP contribution in [0.2, 0.25) is 0 Å². The highest BCUT2D eigenvalue weighted by molar-refractivity contribution is 5.97. The molecule has 10 nitrogen and oxygen atoms in total. The number of ether oxygens (including phenoxy) is 1. The Morgan fingerprint density at radius 1 is 1.36 bits per heavy atom. The van der Waals surface area contributed by atoms with Gasteiger partial charge in [-0.25, -0.2) is 4.98 Å². The van der Waals surface area contributed by atoms with Crippen molar-refractivity contribution in [1.82, 2.24) is 35.5 Å². The van der Waals surface area contributed by atoms with E-state index in [-0.39, 0.29) is 12.5 Å². The number of anilines is 1. The van der Waals surface area contributed by atoms with Crippen LogP contribution in [0.1, 0.15) is 16.2 Å². The molecule has 0 atom stereocenters. The molecule has 2 N–H and O–H groups in total. The van der Waals surface area contributed by atoms with Gasteiger partial charge in [-0.3, -0.25) is 4.79 Å². The molecule has 0 spiro atoms. The summed E-state index contributed by atoms with van der Waals surface area (Å²) in [7, 11) is 1.98. The SMILES string of the molecule is Cn1c(N2CCOCC2)nc2cc(C(=O)NCc3nn[nH]n3)ccc21. The molecule has 1 aromatic carbocycles. The molecule has 3 heterocycles. The van der Waals surface area contributed by atoms with E-state index < -0.39 is 0 Å². The number of hydrogen-bond donors (Lipinski definition) is 2. The fourth-order valence-electron chi connectivity index (χ4n) is 2.89. The van der Waals surface area contributed by atoms with E-state index >= 15 is 0 Å². The first-order chi connectivity index (χ1) is 12.2. The van der Waals surface area contributed by atoms with Crippen molar-refractivity contribution in [3.05, 3.63) is 29.6 Å². The molecule has 1 aliphatic heterocycles. The second-order valence-corrected chi connectivity index (χ2v) is 5.78. The molecule has 0 unspecified atom stereocenters. The Kier molecular flexibility index (Phi) is 4.02. The fraction of sp³-hybridized carbons (Fsp3) is 0.400. The van der Waals surface area contributed by atoms with Crippen LogP contribution in [0.5, 0.6) is 0 Å². The van der Waals surface area contributed by atoms with Crippen LogP contribution in [0.25, 0.3) is 11.0 Å². The smallest absolute Gasteiger partial charge is 0.251 e. The molecule has 0 bridgehead atoms. The first-order valence-corrected chi connectivity index (χ1v) is 8.02. The van der Waals surface area contributed by atoms with E-state index in [1.54, 1.807) is 12.1 Å². The van der Waals surface area contributed by atoms with E-state index in [9.17, 15) is 4.79 Å². The zero-order chi connectivity index (χ0) is 17.2. The van der Waals surface area contributed by atoms with E-state index in [1.165, 1.54) is 0 Å². The van der Waals surface area contributed by atoms with Crippen molar-refractivity contribution in [2.75, 3.05) is 31.2 Å². The largest absolute Gasteiger partial charge is 0.378 e. The monoisotopic (exact) mass is 342 g/mol. The van der Waals surface area contributed by atoms with Gasteiger partial charge in [0.05, 0.1) is 30.8 Å². The van der Waals surface area contributed by atoms with Gasteiger partial charge in [0.25, 0.3) is 5.91 Å². The summed E-state index contributed by atoms with van der Waals surface area (Å²) in [5.74, 6) is 1.12. The molecule has 10 heteroatoms. The molecule has 0 radical (unpaired) electrons. The van der Waals surface area contributed by atoms with Gasteiger partial charge in [-0.2, -0.15) is 5.21 Å². The number of carbonyl (C=O) groups is 1. The third kappa shape index (κ3) is 3.03. The molecule has 3 aromatic rings. The highest BCUT2D eigenvalue weighted by Gasteiger charge is 2.18. The third-order valence-corrected chi connectivity index (χ3v) is 4.21. The molecule has 2 aromatic heterocycles. The summed E-state index contributed by atoms with van der Waals surface area (Å²) in [6, 6.07) is 5.50. The average Bonchev–Trinajstić information content (AvgIpc) is 3.28. The van der Waals surface area contributed by atoms with Gasteiger partial charge < -0.3 is 19.5 Å². The highest BCUT2D eigenvalue weighted by Crippen LogP contribution is 2.23. The van der Waals surface area contributed by atoms with Gasteiger partial charge in [0.15, 0.2) is 5.82 Å². The lowest BCUT2D eigenvalue weighted by Crippen LogP contribution is -2.37. The molecular formula is C15H18N8O2. The van der Waals surface area contributed by atoms with Crippen molar-refractivity contribution >= 4 is 22.9 Å². The molecule has 1 amide bonds. The van der Waals surface area contributed by atoms with Gasteiger partial charge in [-0.05, 0) is 18.2 Å². The number of hydrogen-bond acceptors (Lipinski definition) is 7. The second-order valence-electron chi connectivity index (χ2n) is 5.78. The lowest BCUT2D eigenvalue weighted by Gasteiger charge is -2.27. The molecule has 25 heavy (non-hydrogen) atoms. The normalized spacial score (nSPS) is 14.8. The Morgan fingerprint density at radius 2 is 2.20 bits per heavy atom. The van der Waals surface area contributed by atoms with Crippen molar-refractivity contribution in [1.29, 1.82) is 0 Å². The van der Waals surface area contributed by atoms with E-state index in [0.29, 0.717) is 24.6 Å². The predicted molar refractivity (Wildman–Crippen MR) is 89.1 cm³/mol. The van der Waals surface area contributed by atoms with Crippen LogP contribution in [-0.2, 0) is 18.3 Å². The number of rotatable bonds is 4. The number of amides is 1. The molecule has 1 fully saturated rings. The summed E-state index contributed by atoms with van der Waals surface area (Å²) in [4.78, 5) is 19.2. The number of aromatic nitrogens is 6. The summed E-state index contributed by atoms with van der Waals surface area (Å²) >= 11 is 0. The van der Waals surface area contributed by atoms with Crippen LogP contribution >= 0.6 is 0 Å². The number of H-pyrrole nitrogens is 1. The van der Waals surface area contributed by atoms with E-state index in [1.807, 2.05) is 17.7 Å². The van der Waals surface area contributed by atoms with Crippen LogP contribution in [0, 0.1) is 0 Å². The molecular weight excluding hydrogens is 324 g/mol. The van der Waals surface area contributed by atoms with Gasteiger partial charge in [-0.15, -0.1) is 10.2 Å². The molecule has 0 aliphatic carbocycles. The minimum absolute atomic E-state index is 0.203. The van der Waals surface area contributed by atoms with Crippen LogP contribution in [0.15, 0.2) is 18.2 Å². The maximum atomic E-state index is 12.3. The fourth-order valence-corrected chi connectivity index (χ4v) is 2.89. The Balaban J connectivity index is 1.56. The van der Waals surface area contributed by atoms with Crippen LogP contribution in [0.4, 0.5) is 5.95 Å². The maximum Gasteiger partial charge on any atom is 0.251 e. The lowest BCUT2D eigenvalue weighted by molar-refractivity contribution is 0.0950. The topological polar surface area (TPSA) is 114 Å². The van der Waals surface area contributed by atoms with Crippen molar-refractivity contribution in [3.8, 4) is 0 Å². The Hall–Kier alpha value is -3.01. The summed E-state index contributed by atoms with van der Waals surface area (Å²) in [6.07, 6.45) is 0. The number of nitrogens with one attached hydrogen (secondary N) is 2. The van der Waals surface area contributed by atoms with Crippen molar-refractivity contribution in [2.45, 2.75) is 6.54 Å². The number of tetrazole rings is 1. The summed E-state index contributed by atoms with van der Waals surface area (Å²) in [6.45, 7) is 3.25.